The molecule has 3 rings (SSSR count). The standard InChI is InChI=1S/C11H13N3O2/c1-11(16)3-7(4-11)14-6-13-9-2-8(15)5-12-10(9)14/h2,5-7,15-16H,3-4H2,1H3/t7-,11+. The van der Waals surface area contributed by atoms with Crippen LogP contribution in [0.5, 0.6) is 5.75 Å². The van der Waals surface area contributed by atoms with Crippen LogP contribution >= 0.6 is 0 Å². The number of pyridine rings is 1. The topological polar surface area (TPSA) is 71.2 Å². The van der Waals surface area contributed by atoms with E-state index in [2.05, 4.69) is 9.97 Å². The van der Waals surface area contributed by atoms with E-state index in [1.807, 2.05) is 11.5 Å². The molecule has 1 fully saturated rings. The van der Waals surface area contributed by atoms with Crippen LogP contribution in [0.25, 0.3) is 11.2 Å². The molecule has 84 valence electrons. The lowest BCUT2D eigenvalue weighted by molar-refractivity contribution is -0.0499. The smallest absolute Gasteiger partial charge is 0.160 e. The van der Waals surface area contributed by atoms with Crippen LogP contribution in [0.2, 0.25) is 0 Å². The summed E-state index contributed by atoms with van der Waals surface area (Å²) in [5.41, 5.74) is 0.892. The van der Waals surface area contributed by atoms with E-state index in [4.69, 9.17) is 0 Å². The van der Waals surface area contributed by atoms with Crippen molar-refractivity contribution in [3.05, 3.63) is 18.6 Å². The molecule has 0 atom stereocenters. The summed E-state index contributed by atoms with van der Waals surface area (Å²) in [6.45, 7) is 1.84. The fraction of sp³-hybridized carbons (Fsp3) is 0.455. The van der Waals surface area contributed by atoms with Crippen molar-refractivity contribution in [2.24, 2.45) is 0 Å². The predicted molar refractivity (Wildman–Crippen MR) is 58.1 cm³/mol. The highest BCUT2D eigenvalue weighted by atomic mass is 16.3. The van der Waals surface area contributed by atoms with Crippen molar-refractivity contribution >= 4 is 11.2 Å². The Morgan fingerprint density at radius 1 is 1.44 bits per heavy atom. The summed E-state index contributed by atoms with van der Waals surface area (Å²) in [5.74, 6) is 0.123. The lowest BCUT2D eigenvalue weighted by Crippen LogP contribution is -2.41. The maximum Gasteiger partial charge on any atom is 0.160 e. The highest BCUT2D eigenvalue weighted by molar-refractivity contribution is 5.72. The van der Waals surface area contributed by atoms with Crippen molar-refractivity contribution in [2.45, 2.75) is 31.4 Å². The molecule has 1 aliphatic rings. The van der Waals surface area contributed by atoms with Crippen LogP contribution in [0, 0.1) is 0 Å². The minimum atomic E-state index is -0.557. The Kier molecular flexibility index (Phi) is 1.77. The number of hydrogen-bond acceptors (Lipinski definition) is 4. The molecule has 5 nitrogen and oxygen atoms in total. The third-order valence-electron chi connectivity index (χ3n) is 3.14. The first-order valence-electron chi connectivity index (χ1n) is 5.29. The van der Waals surface area contributed by atoms with E-state index < -0.39 is 5.60 Å². The molecule has 0 saturated heterocycles. The Morgan fingerprint density at radius 3 is 2.88 bits per heavy atom. The number of fused-ring (bicyclic) bond motifs is 1. The zero-order valence-electron chi connectivity index (χ0n) is 8.96. The van der Waals surface area contributed by atoms with Crippen molar-refractivity contribution in [3.63, 3.8) is 0 Å². The second-order valence-electron chi connectivity index (χ2n) is 4.75. The van der Waals surface area contributed by atoms with Gasteiger partial charge in [0.1, 0.15) is 11.3 Å². The number of nitrogens with zero attached hydrogens (tertiary/aromatic N) is 3. The minimum Gasteiger partial charge on any atom is -0.506 e. The van der Waals surface area contributed by atoms with Gasteiger partial charge in [0, 0.05) is 12.1 Å². The van der Waals surface area contributed by atoms with Crippen LogP contribution in [0.4, 0.5) is 0 Å². The molecule has 0 amide bonds. The summed E-state index contributed by atoms with van der Waals surface area (Å²) in [5, 5.41) is 19.0. The number of hydrogen-bond donors (Lipinski definition) is 2. The first-order chi connectivity index (χ1) is 7.55. The highest BCUT2D eigenvalue weighted by Gasteiger charge is 2.40. The Morgan fingerprint density at radius 2 is 2.19 bits per heavy atom. The number of aromatic hydroxyl groups is 1. The quantitative estimate of drug-likeness (QED) is 0.756. The van der Waals surface area contributed by atoms with E-state index in [1.165, 1.54) is 6.20 Å². The SMILES string of the molecule is C[C@]1(O)C[C@@H](n2cnc3cc(O)cnc32)C1. The molecule has 0 radical (unpaired) electrons. The van der Waals surface area contributed by atoms with Crippen LogP contribution in [0.1, 0.15) is 25.8 Å². The van der Waals surface area contributed by atoms with Gasteiger partial charge >= 0.3 is 0 Å². The lowest BCUT2D eigenvalue weighted by atomic mass is 9.77. The van der Waals surface area contributed by atoms with Gasteiger partial charge in [-0.15, -0.1) is 0 Å². The normalized spacial score (nSPS) is 29.2. The van der Waals surface area contributed by atoms with Gasteiger partial charge in [-0.1, -0.05) is 0 Å². The monoisotopic (exact) mass is 219 g/mol. The average Bonchev–Trinajstić information content (AvgIpc) is 2.56. The molecule has 0 bridgehead atoms. The van der Waals surface area contributed by atoms with Gasteiger partial charge in [0.15, 0.2) is 5.65 Å². The van der Waals surface area contributed by atoms with Crippen LogP contribution in [0.15, 0.2) is 18.6 Å². The summed E-state index contributed by atoms with van der Waals surface area (Å²) < 4.78 is 1.97. The average molecular weight is 219 g/mol. The molecular weight excluding hydrogens is 206 g/mol. The van der Waals surface area contributed by atoms with Gasteiger partial charge in [-0.3, -0.25) is 0 Å². The van der Waals surface area contributed by atoms with Crippen LogP contribution in [0.3, 0.4) is 0 Å². The van der Waals surface area contributed by atoms with Crippen molar-refractivity contribution in [1.82, 2.24) is 14.5 Å². The van der Waals surface area contributed by atoms with Gasteiger partial charge in [-0.05, 0) is 19.8 Å². The lowest BCUT2D eigenvalue weighted by Gasteiger charge is -2.41. The van der Waals surface area contributed by atoms with E-state index in [0.29, 0.717) is 5.52 Å². The molecular formula is C11H13N3O2. The van der Waals surface area contributed by atoms with Gasteiger partial charge in [0.05, 0.1) is 18.1 Å². The minimum absolute atomic E-state index is 0.123. The second kappa shape index (κ2) is 2.95. The Hall–Kier alpha value is -1.62. The summed E-state index contributed by atoms with van der Waals surface area (Å²) in [7, 11) is 0. The van der Waals surface area contributed by atoms with E-state index in [0.717, 1.165) is 18.5 Å². The van der Waals surface area contributed by atoms with Gasteiger partial charge in [0.25, 0.3) is 0 Å². The van der Waals surface area contributed by atoms with E-state index in [9.17, 15) is 10.2 Å². The third kappa shape index (κ3) is 1.36. The van der Waals surface area contributed by atoms with E-state index >= 15 is 0 Å². The molecule has 5 heteroatoms. The second-order valence-corrected chi connectivity index (χ2v) is 4.75. The highest BCUT2D eigenvalue weighted by Crippen LogP contribution is 2.41. The molecule has 2 N–H and O–H groups in total. The summed E-state index contributed by atoms with van der Waals surface area (Å²) in [4.78, 5) is 8.35. The predicted octanol–water partition coefficient (Wildman–Crippen LogP) is 1.22. The van der Waals surface area contributed by atoms with Gasteiger partial charge in [0.2, 0.25) is 0 Å². The maximum atomic E-state index is 9.70. The summed E-state index contributed by atoms with van der Waals surface area (Å²) in [6.07, 6.45) is 4.58. The van der Waals surface area contributed by atoms with Crippen LogP contribution in [-0.2, 0) is 0 Å². The van der Waals surface area contributed by atoms with Gasteiger partial charge in [-0.25, -0.2) is 9.97 Å². The summed E-state index contributed by atoms with van der Waals surface area (Å²) in [6, 6.07) is 1.85. The van der Waals surface area contributed by atoms with Crippen LogP contribution < -0.4 is 0 Å². The van der Waals surface area contributed by atoms with Crippen LogP contribution in [-0.4, -0.2) is 30.3 Å². The molecule has 2 aromatic rings. The first-order valence-corrected chi connectivity index (χ1v) is 5.29. The number of imidazole rings is 1. The molecule has 1 saturated carbocycles. The molecule has 1 aliphatic carbocycles. The summed E-state index contributed by atoms with van der Waals surface area (Å²) >= 11 is 0. The number of rotatable bonds is 1. The number of aliphatic hydroxyl groups is 1. The zero-order chi connectivity index (χ0) is 11.3. The van der Waals surface area contributed by atoms with Crippen molar-refractivity contribution in [3.8, 4) is 5.75 Å². The Labute approximate surface area is 92.4 Å². The number of aromatic nitrogens is 3. The Balaban J connectivity index is 2.00. The molecule has 0 aliphatic heterocycles. The molecule has 2 aromatic heterocycles. The molecule has 2 heterocycles. The molecule has 0 aromatic carbocycles. The van der Waals surface area contributed by atoms with Crippen molar-refractivity contribution in [1.29, 1.82) is 0 Å². The van der Waals surface area contributed by atoms with E-state index in [-0.39, 0.29) is 11.8 Å². The van der Waals surface area contributed by atoms with Gasteiger partial charge in [-0.2, -0.15) is 0 Å². The first kappa shape index (κ1) is 9.59. The van der Waals surface area contributed by atoms with Crippen molar-refractivity contribution in [2.75, 3.05) is 0 Å². The van der Waals surface area contributed by atoms with E-state index in [1.54, 1.807) is 12.4 Å². The fourth-order valence-corrected chi connectivity index (χ4v) is 2.33. The molecule has 0 spiro atoms. The van der Waals surface area contributed by atoms with Crippen molar-refractivity contribution < 1.29 is 10.2 Å². The Bertz CT molecular complexity index is 539. The maximum absolute atomic E-state index is 9.70. The largest absolute Gasteiger partial charge is 0.506 e. The fourth-order valence-electron chi connectivity index (χ4n) is 2.33. The molecule has 16 heavy (non-hydrogen) atoms. The zero-order valence-corrected chi connectivity index (χ0v) is 8.96. The third-order valence-corrected chi connectivity index (χ3v) is 3.14. The molecule has 0 unspecified atom stereocenters. The van der Waals surface area contributed by atoms with Gasteiger partial charge < -0.3 is 14.8 Å².